The molecule has 0 saturated heterocycles. The summed E-state index contributed by atoms with van der Waals surface area (Å²) in [6, 6.07) is 16.4. The lowest BCUT2D eigenvalue weighted by Gasteiger charge is -2.11. The highest BCUT2D eigenvalue weighted by molar-refractivity contribution is 5.92. The molecule has 1 amide bonds. The first kappa shape index (κ1) is 20.9. The van der Waals surface area contributed by atoms with Crippen molar-refractivity contribution in [2.24, 2.45) is 0 Å². The number of methoxy groups -OCH3 is 1. The number of para-hydroxylation sites is 2. The molecule has 0 unspecified atom stereocenters. The smallest absolute Gasteiger partial charge is 0.262 e. The van der Waals surface area contributed by atoms with E-state index < -0.39 is 0 Å². The van der Waals surface area contributed by atoms with Crippen molar-refractivity contribution < 1.29 is 14.3 Å². The molecule has 0 bridgehead atoms. The first-order chi connectivity index (χ1) is 14.6. The third-order valence-corrected chi connectivity index (χ3v) is 4.06. The van der Waals surface area contributed by atoms with Crippen LogP contribution < -0.4 is 25.4 Å². The van der Waals surface area contributed by atoms with E-state index in [0.717, 1.165) is 18.1 Å². The number of hydrogen-bond acceptors (Lipinski definition) is 7. The van der Waals surface area contributed by atoms with E-state index in [9.17, 15) is 4.79 Å². The number of amides is 1. The average molecular weight is 407 g/mol. The maximum Gasteiger partial charge on any atom is 0.262 e. The molecular formula is C22H25N5O3. The fourth-order valence-electron chi connectivity index (χ4n) is 2.77. The maximum absolute atomic E-state index is 12.2. The highest BCUT2D eigenvalue weighted by atomic mass is 16.5. The van der Waals surface area contributed by atoms with E-state index in [-0.39, 0.29) is 12.5 Å². The third kappa shape index (κ3) is 5.84. The third-order valence-electron chi connectivity index (χ3n) is 4.06. The summed E-state index contributed by atoms with van der Waals surface area (Å²) in [5.74, 6) is 2.98. The quantitative estimate of drug-likeness (QED) is 0.493. The molecule has 0 atom stereocenters. The van der Waals surface area contributed by atoms with Gasteiger partial charge in [-0.1, -0.05) is 12.1 Å². The summed E-state index contributed by atoms with van der Waals surface area (Å²) in [5, 5.41) is 9.23. The van der Waals surface area contributed by atoms with Gasteiger partial charge in [0.2, 0.25) is 0 Å². The van der Waals surface area contributed by atoms with Crippen LogP contribution in [0.15, 0.2) is 54.6 Å². The van der Waals surface area contributed by atoms with Gasteiger partial charge in [0.25, 0.3) is 5.91 Å². The van der Waals surface area contributed by atoms with E-state index in [0.29, 0.717) is 28.8 Å². The molecule has 156 valence electrons. The molecule has 0 aliphatic carbocycles. The van der Waals surface area contributed by atoms with Gasteiger partial charge in [-0.2, -0.15) is 0 Å². The molecule has 1 aromatic heterocycles. The standard InChI is InChI=1S/C22H25N5O3/c1-4-23-20-13-21(25-15(2)24-20)26-16-9-11-17(12-10-16)27-22(28)14-30-19-8-6-5-7-18(19)29-3/h5-13H,4,14H2,1-3H3,(H,27,28)(H2,23,24,25,26). The van der Waals surface area contributed by atoms with E-state index in [2.05, 4.69) is 25.9 Å². The molecule has 30 heavy (non-hydrogen) atoms. The van der Waals surface area contributed by atoms with Gasteiger partial charge < -0.3 is 25.4 Å². The lowest BCUT2D eigenvalue weighted by Crippen LogP contribution is -2.20. The molecule has 0 spiro atoms. The number of aryl methyl sites for hydroxylation is 1. The number of nitrogens with one attached hydrogen (secondary N) is 3. The topological polar surface area (TPSA) is 97.4 Å². The van der Waals surface area contributed by atoms with E-state index >= 15 is 0 Å². The minimum absolute atomic E-state index is 0.117. The SMILES string of the molecule is CCNc1cc(Nc2ccc(NC(=O)COc3ccccc3OC)cc2)nc(C)n1. The average Bonchev–Trinajstić information content (AvgIpc) is 2.74. The van der Waals surface area contributed by atoms with Crippen molar-refractivity contribution in [2.75, 3.05) is 36.2 Å². The summed E-state index contributed by atoms with van der Waals surface area (Å²) < 4.78 is 10.7. The van der Waals surface area contributed by atoms with Crippen LogP contribution in [-0.4, -0.2) is 36.1 Å². The summed E-state index contributed by atoms with van der Waals surface area (Å²) in [5.41, 5.74) is 1.51. The van der Waals surface area contributed by atoms with Crippen LogP contribution in [0.2, 0.25) is 0 Å². The zero-order valence-corrected chi connectivity index (χ0v) is 17.2. The van der Waals surface area contributed by atoms with Gasteiger partial charge in [-0.3, -0.25) is 4.79 Å². The van der Waals surface area contributed by atoms with Gasteiger partial charge in [-0.05, 0) is 50.2 Å². The number of anilines is 4. The Bertz CT molecular complexity index is 992. The number of carbonyl (C=O) groups is 1. The van der Waals surface area contributed by atoms with Crippen LogP contribution in [0, 0.1) is 6.92 Å². The van der Waals surface area contributed by atoms with Crippen molar-refractivity contribution in [1.82, 2.24) is 9.97 Å². The lowest BCUT2D eigenvalue weighted by molar-refractivity contribution is -0.118. The first-order valence-corrected chi connectivity index (χ1v) is 9.59. The fourth-order valence-corrected chi connectivity index (χ4v) is 2.77. The van der Waals surface area contributed by atoms with Gasteiger partial charge in [0.15, 0.2) is 18.1 Å². The molecule has 0 radical (unpaired) electrons. The van der Waals surface area contributed by atoms with Crippen LogP contribution in [0.5, 0.6) is 11.5 Å². The van der Waals surface area contributed by atoms with E-state index in [4.69, 9.17) is 9.47 Å². The molecule has 3 N–H and O–H groups in total. The summed E-state index contributed by atoms with van der Waals surface area (Å²) in [6.07, 6.45) is 0. The van der Waals surface area contributed by atoms with Crippen LogP contribution in [0.1, 0.15) is 12.7 Å². The molecule has 8 heteroatoms. The number of rotatable bonds is 9. The van der Waals surface area contributed by atoms with E-state index in [1.54, 1.807) is 19.2 Å². The van der Waals surface area contributed by atoms with Crippen LogP contribution in [-0.2, 0) is 4.79 Å². The minimum Gasteiger partial charge on any atom is -0.493 e. The predicted octanol–water partition coefficient (Wildman–Crippen LogP) is 3.99. The first-order valence-electron chi connectivity index (χ1n) is 9.59. The fraction of sp³-hybridized carbons (Fsp3) is 0.227. The Morgan fingerprint density at radius 1 is 0.967 bits per heavy atom. The van der Waals surface area contributed by atoms with Crippen molar-refractivity contribution >= 4 is 28.9 Å². The van der Waals surface area contributed by atoms with Crippen molar-refractivity contribution in [3.05, 3.63) is 60.4 Å². The van der Waals surface area contributed by atoms with Crippen LogP contribution in [0.3, 0.4) is 0 Å². The Morgan fingerprint density at radius 3 is 2.33 bits per heavy atom. The molecular weight excluding hydrogens is 382 g/mol. The minimum atomic E-state index is -0.261. The second-order valence-electron chi connectivity index (χ2n) is 6.41. The van der Waals surface area contributed by atoms with Crippen LogP contribution >= 0.6 is 0 Å². The van der Waals surface area contributed by atoms with E-state index in [1.165, 1.54) is 0 Å². The van der Waals surface area contributed by atoms with Gasteiger partial charge in [-0.15, -0.1) is 0 Å². The summed E-state index contributed by atoms with van der Waals surface area (Å²) in [7, 11) is 1.56. The normalized spacial score (nSPS) is 10.2. The lowest BCUT2D eigenvalue weighted by atomic mass is 10.2. The summed E-state index contributed by atoms with van der Waals surface area (Å²) >= 11 is 0. The van der Waals surface area contributed by atoms with Gasteiger partial charge in [0.05, 0.1) is 7.11 Å². The van der Waals surface area contributed by atoms with Gasteiger partial charge in [-0.25, -0.2) is 9.97 Å². The molecule has 0 fully saturated rings. The maximum atomic E-state index is 12.2. The van der Waals surface area contributed by atoms with Gasteiger partial charge in [0, 0.05) is 24.0 Å². The number of benzene rings is 2. The van der Waals surface area contributed by atoms with Gasteiger partial charge in [0.1, 0.15) is 17.5 Å². The Labute approximate surface area is 175 Å². The molecule has 8 nitrogen and oxygen atoms in total. The Morgan fingerprint density at radius 2 is 1.63 bits per heavy atom. The Hall–Kier alpha value is -3.81. The van der Waals surface area contributed by atoms with Crippen molar-refractivity contribution in [2.45, 2.75) is 13.8 Å². The molecule has 0 aliphatic heterocycles. The van der Waals surface area contributed by atoms with Crippen molar-refractivity contribution in [3.8, 4) is 11.5 Å². The van der Waals surface area contributed by atoms with Gasteiger partial charge >= 0.3 is 0 Å². The summed E-state index contributed by atoms with van der Waals surface area (Å²) in [4.78, 5) is 20.9. The molecule has 1 heterocycles. The highest BCUT2D eigenvalue weighted by Gasteiger charge is 2.08. The predicted molar refractivity (Wildman–Crippen MR) is 118 cm³/mol. The molecule has 3 rings (SSSR count). The second kappa shape index (κ2) is 10.1. The number of aromatic nitrogens is 2. The van der Waals surface area contributed by atoms with Crippen LogP contribution in [0.4, 0.5) is 23.0 Å². The zero-order chi connectivity index (χ0) is 21.3. The van der Waals surface area contributed by atoms with Crippen molar-refractivity contribution in [1.29, 1.82) is 0 Å². The zero-order valence-electron chi connectivity index (χ0n) is 17.2. The second-order valence-corrected chi connectivity index (χ2v) is 6.41. The van der Waals surface area contributed by atoms with Crippen LogP contribution in [0.25, 0.3) is 0 Å². The molecule has 0 saturated carbocycles. The number of carbonyl (C=O) groups excluding carboxylic acids is 1. The van der Waals surface area contributed by atoms with E-state index in [1.807, 2.05) is 56.3 Å². The molecule has 0 aliphatic rings. The summed E-state index contributed by atoms with van der Waals surface area (Å²) in [6.45, 7) is 4.52. The Balaban J connectivity index is 1.56. The number of nitrogens with zero attached hydrogens (tertiary/aromatic N) is 2. The highest BCUT2D eigenvalue weighted by Crippen LogP contribution is 2.25. The Kier molecular flexibility index (Phi) is 7.05. The molecule has 3 aromatic rings. The van der Waals surface area contributed by atoms with Crippen molar-refractivity contribution in [3.63, 3.8) is 0 Å². The molecule has 2 aromatic carbocycles. The number of ether oxygens (including phenoxy) is 2. The number of hydrogen-bond donors (Lipinski definition) is 3. The largest absolute Gasteiger partial charge is 0.493 e. The monoisotopic (exact) mass is 407 g/mol.